The van der Waals surface area contributed by atoms with Gasteiger partial charge in [0.15, 0.2) is 0 Å². The summed E-state index contributed by atoms with van der Waals surface area (Å²) in [5.74, 6) is 0.623. The van der Waals surface area contributed by atoms with Crippen molar-refractivity contribution in [1.29, 1.82) is 5.41 Å². The van der Waals surface area contributed by atoms with Crippen molar-refractivity contribution in [2.45, 2.75) is 50.7 Å². The van der Waals surface area contributed by atoms with Crippen LogP contribution in [0, 0.1) is 11.3 Å². The van der Waals surface area contributed by atoms with Gasteiger partial charge in [-0.15, -0.1) is 0 Å². The van der Waals surface area contributed by atoms with Gasteiger partial charge < -0.3 is 10.8 Å². The molecule has 0 aromatic rings. The molecule has 0 aromatic carbocycles. The zero-order valence-electron chi connectivity index (χ0n) is 10.1. The Morgan fingerprint density at radius 3 is 2.94 bits per heavy atom. The van der Waals surface area contributed by atoms with E-state index in [-0.39, 0.29) is 11.9 Å². The number of nitrogens with zero attached hydrogens (tertiary/aromatic N) is 1. The summed E-state index contributed by atoms with van der Waals surface area (Å²) in [5, 5.41) is 18.0. The van der Waals surface area contributed by atoms with E-state index in [1.807, 2.05) is 6.92 Å². The molecule has 1 aliphatic carbocycles. The Morgan fingerprint density at radius 1 is 1.50 bits per heavy atom. The van der Waals surface area contributed by atoms with Crippen molar-refractivity contribution in [3.8, 4) is 0 Å². The highest BCUT2D eigenvalue weighted by atomic mass is 16.3. The van der Waals surface area contributed by atoms with Gasteiger partial charge in [-0.2, -0.15) is 0 Å². The first-order valence-electron chi connectivity index (χ1n) is 6.33. The van der Waals surface area contributed by atoms with Crippen molar-refractivity contribution >= 4 is 5.84 Å². The van der Waals surface area contributed by atoms with E-state index < -0.39 is 5.60 Å². The molecule has 0 bridgehead atoms. The number of piperidine rings is 1. The van der Waals surface area contributed by atoms with Gasteiger partial charge in [-0.25, -0.2) is 0 Å². The summed E-state index contributed by atoms with van der Waals surface area (Å²) in [6.45, 7) is 3.75. The molecule has 0 amide bonds. The fourth-order valence-electron chi connectivity index (χ4n) is 3.15. The first-order chi connectivity index (χ1) is 7.53. The summed E-state index contributed by atoms with van der Waals surface area (Å²) in [6, 6.07) is 0.0199. The normalized spacial score (nSPS) is 37.8. The summed E-state index contributed by atoms with van der Waals surface area (Å²) in [4.78, 5) is 2.24. The number of hydrogen-bond acceptors (Lipinski definition) is 3. The smallest absolute Gasteiger partial charge is 0.108 e. The van der Waals surface area contributed by atoms with Crippen LogP contribution >= 0.6 is 0 Å². The van der Waals surface area contributed by atoms with Crippen LogP contribution in [0.1, 0.15) is 39.0 Å². The fourth-order valence-corrected chi connectivity index (χ4v) is 3.15. The van der Waals surface area contributed by atoms with Crippen LogP contribution in [0.4, 0.5) is 0 Å². The van der Waals surface area contributed by atoms with Crippen LogP contribution in [0.3, 0.4) is 0 Å². The summed E-state index contributed by atoms with van der Waals surface area (Å²) in [5.41, 5.74) is 5.12. The minimum atomic E-state index is -0.425. The predicted octanol–water partition coefficient (Wildman–Crippen LogP) is 0.938. The van der Waals surface area contributed by atoms with Crippen molar-refractivity contribution in [3.05, 3.63) is 0 Å². The summed E-state index contributed by atoms with van der Waals surface area (Å²) >= 11 is 0. The third kappa shape index (κ3) is 2.09. The van der Waals surface area contributed by atoms with E-state index in [4.69, 9.17) is 11.1 Å². The molecule has 4 heteroatoms. The van der Waals surface area contributed by atoms with Crippen molar-refractivity contribution in [2.75, 3.05) is 13.1 Å². The van der Waals surface area contributed by atoms with Gasteiger partial charge in [0.1, 0.15) is 5.84 Å². The number of hydrogen-bond donors (Lipinski definition) is 3. The minimum absolute atomic E-state index is 0.0199. The standard InChI is InChI=1S/C12H23N3O/c1-9(11(13)14)15-7-6-12(16)5-3-2-4-10(12)8-15/h9-10,16H,2-8H2,1H3,(H3,13,14). The molecule has 1 heterocycles. The van der Waals surface area contributed by atoms with E-state index in [0.717, 1.165) is 38.8 Å². The second kappa shape index (κ2) is 4.34. The number of amidine groups is 1. The zero-order chi connectivity index (χ0) is 11.8. The molecule has 1 saturated carbocycles. The van der Waals surface area contributed by atoms with E-state index in [9.17, 15) is 5.11 Å². The fraction of sp³-hybridized carbons (Fsp3) is 0.917. The minimum Gasteiger partial charge on any atom is -0.390 e. The van der Waals surface area contributed by atoms with Crippen LogP contribution < -0.4 is 5.73 Å². The number of aliphatic hydroxyl groups is 1. The van der Waals surface area contributed by atoms with Crippen molar-refractivity contribution in [3.63, 3.8) is 0 Å². The quantitative estimate of drug-likeness (QED) is 0.483. The van der Waals surface area contributed by atoms with E-state index in [1.165, 1.54) is 6.42 Å². The molecular formula is C12H23N3O. The van der Waals surface area contributed by atoms with E-state index >= 15 is 0 Å². The molecule has 4 nitrogen and oxygen atoms in total. The second-order valence-electron chi connectivity index (χ2n) is 5.42. The molecular weight excluding hydrogens is 202 g/mol. The lowest BCUT2D eigenvalue weighted by Crippen LogP contribution is -2.57. The summed E-state index contributed by atoms with van der Waals surface area (Å²) in [6.07, 6.45) is 5.32. The van der Waals surface area contributed by atoms with Crippen molar-refractivity contribution in [1.82, 2.24) is 4.90 Å². The average molecular weight is 225 g/mol. The monoisotopic (exact) mass is 225 g/mol. The Kier molecular flexibility index (Phi) is 3.22. The van der Waals surface area contributed by atoms with Crippen LogP contribution in [-0.4, -0.2) is 40.6 Å². The van der Waals surface area contributed by atoms with Crippen LogP contribution in [0.25, 0.3) is 0 Å². The van der Waals surface area contributed by atoms with Gasteiger partial charge in [0, 0.05) is 19.0 Å². The zero-order valence-corrected chi connectivity index (χ0v) is 10.1. The number of likely N-dealkylation sites (tertiary alicyclic amines) is 1. The largest absolute Gasteiger partial charge is 0.390 e. The first-order valence-corrected chi connectivity index (χ1v) is 6.33. The first kappa shape index (κ1) is 11.9. The van der Waals surface area contributed by atoms with Crippen LogP contribution in [0.2, 0.25) is 0 Å². The summed E-state index contributed by atoms with van der Waals surface area (Å²) < 4.78 is 0. The lowest BCUT2D eigenvalue weighted by atomic mass is 9.71. The molecule has 1 saturated heterocycles. The molecule has 3 unspecified atom stereocenters. The Labute approximate surface area is 97.3 Å². The second-order valence-corrected chi connectivity index (χ2v) is 5.42. The Balaban J connectivity index is 2.02. The van der Waals surface area contributed by atoms with E-state index in [2.05, 4.69) is 4.90 Å². The molecule has 3 atom stereocenters. The average Bonchev–Trinajstić information content (AvgIpc) is 2.26. The Morgan fingerprint density at radius 2 is 2.25 bits per heavy atom. The molecule has 0 spiro atoms. The molecule has 92 valence electrons. The highest BCUT2D eigenvalue weighted by Gasteiger charge is 2.43. The van der Waals surface area contributed by atoms with Gasteiger partial charge in [-0.05, 0) is 26.2 Å². The molecule has 0 aromatic heterocycles. The molecule has 1 aliphatic heterocycles. The molecule has 16 heavy (non-hydrogen) atoms. The van der Waals surface area contributed by atoms with Crippen molar-refractivity contribution in [2.24, 2.45) is 11.7 Å². The molecule has 0 radical (unpaired) electrons. The van der Waals surface area contributed by atoms with Gasteiger partial charge in [0.05, 0.1) is 11.6 Å². The molecule has 4 N–H and O–H groups in total. The SMILES string of the molecule is CC(C(=N)N)N1CCC2(O)CCCCC2C1. The van der Waals surface area contributed by atoms with Gasteiger partial charge >= 0.3 is 0 Å². The number of nitrogens with one attached hydrogen (secondary N) is 1. The number of rotatable bonds is 2. The molecule has 2 aliphatic rings. The van der Waals surface area contributed by atoms with Crippen LogP contribution in [-0.2, 0) is 0 Å². The van der Waals surface area contributed by atoms with Crippen LogP contribution in [0.5, 0.6) is 0 Å². The summed E-state index contributed by atoms with van der Waals surface area (Å²) in [7, 11) is 0. The van der Waals surface area contributed by atoms with E-state index in [1.54, 1.807) is 0 Å². The van der Waals surface area contributed by atoms with Gasteiger partial charge in [-0.3, -0.25) is 10.3 Å². The maximum absolute atomic E-state index is 10.5. The topological polar surface area (TPSA) is 73.3 Å². The molecule has 2 fully saturated rings. The maximum atomic E-state index is 10.5. The number of fused-ring (bicyclic) bond motifs is 1. The lowest BCUT2D eigenvalue weighted by Gasteiger charge is -2.48. The molecule has 2 rings (SSSR count). The van der Waals surface area contributed by atoms with Crippen LogP contribution in [0.15, 0.2) is 0 Å². The highest BCUT2D eigenvalue weighted by molar-refractivity contribution is 5.82. The predicted molar refractivity (Wildman–Crippen MR) is 64.5 cm³/mol. The maximum Gasteiger partial charge on any atom is 0.108 e. The number of nitrogens with two attached hydrogens (primary N) is 1. The highest BCUT2D eigenvalue weighted by Crippen LogP contribution is 2.40. The van der Waals surface area contributed by atoms with Gasteiger partial charge in [0.25, 0.3) is 0 Å². The van der Waals surface area contributed by atoms with Gasteiger partial charge in [-0.1, -0.05) is 12.8 Å². The van der Waals surface area contributed by atoms with Gasteiger partial charge in [0.2, 0.25) is 0 Å². The third-order valence-corrected chi connectivity index (χ3v) is 4.46. The van der Waals surface area contributed by atoms with Crippen molar-refractivity contribution < 1.29 is 5.11 Å². The Bertz CT molecular complexity index is 281. The lowest BCUT2D eigenvalue weighted by molar-refractivity contribution is -0.0975. The third-order valence-electron chi connectivity index (χ3n) is 4.46. The Hall–Kier alpha value is -0.610. The van der Waals surface area contributed by atoms with E-state index in [0.29, 0.717) is 5.92 Å².